The first-order valence-electron chi connectivity index (χ1n) is 2.93. The molecular formula is C6H7BrN2O2. The van der Waals surface area contributed by atoms with Gasteiger partial charge in [0.1, 0.15) is 6.04 Å². The Hall–Kier alpha value is -0.810. The number of nitrogens with one attached hydrogen (secondary N) is 1. The zero-order valence-electron chi connectivity index (χ0n) is 5.54. The Bertz CT molecular complexity index is 271. The summed E-state index contributed by atoms with van der Waals surface area (Å²) >= 11 is 3.15. The van der Waals surface area contributed by atoms with Gasteiger partial charge >= 0.3 is 5.97 Å². The predicted octanol–water partition coefficient (Wildman–Crippen LogP) is 0.862. The van der Waals surface area contributed by atoms with E-state index in [1.807, 2.05) is 0 Å². The maximum atomic E-state index is 10.4. The summed E-state index contributed by atoms with van der Waals surface area (Å²) in [5.74, 6) is -1.03. The van der Waals surface area contributed by atoms with Crippen molar-refractivity contribution in [2.45, 2.75) is 6.04 Å². The normalized spacial score (nSPS) is 12.9. The number of rotatable bonds is 2. The first-order valence-corrected chi connectivity index (χ1v) is 3.73. The molecule has 1 heterocycles. The molecule has 0 bridgehead atoms. The molecule has 0 aliphatic rings. The molecule has 4 nitrogen and oxygen atoms in total. The Labute approximate surface area is 71.5 Å². The van der Waals surface area contributed by atoms with E-state index in [-0.39, 0.29) is 0 Å². The minimum Gasteiger partial charge on any atom is -0.480 e. The maximum absolute atomic E-state index is 10.4. The lowest BCUT2D eigenvalue weighted by molar-refractivity contribution is -0.138. The van der Waals surface area contributed by atoms with Crippen molar-refractivity contribution in [1.82, 2.24) is 4.98 Å². The molecule has 0 aromatic carbocycles. The molecule has 1 rings (SSSR count). The summed E-state index contributed by atoms with van der Waals surface area (Å²) in [4.78, 5) is 13.1. The van der Waals surface area contributed by atoms with Gasteiger partial charge in [0.2, 0.25) is 0 Å². The summed E-state index contributed by atoms with van der Waals surface area (Å²) in [5.41, 5.74) is 5.87. The van der Waals surface area contributed by atoms with Crippen LogP contribution in [-0.2, 0) is 4.79 Å². The van der Waals surface area contributed by atoms with Gasteiger partial charge in [0.25, 0.3) is 0 Å². The molecule has 0 saturated carbocycles. The zero-order valence-corrected chi connectivity index (χ0v) is 7.13. The number of hydrogen-bond donors (Lipinski definition) is 3. The van der Waals surface area contributed by atoms with Crippen LogP contribution in [0.25, 0.3) is 0 Å². The van der Waals surface area contributed by atoms with Gasteiger partial charge in [-0.3, -0.25) is 4.79 Å². The van der Waals surface area contributed by atoms with Crippen LogP contribution in [0.3, 0.4) is 0 Å². The van der Waals surface area contributed by atoms with Gasteiger partial charge in [-0.2, -0.15) is 0 Å². The van der Waals surface area contributed by atoms with E-state index in [9.17, 15) is 4.79 Å². The van der Waals surface area contributed by atoms with Crippen molar-refractivity contribution in [3.05, 3.63) is 22.4 Å². The second-order valence-electron chi connectivity index (χ2n) is 2.10. The summed E-state index contributed by atoms with van der Waals surface area (Å²) in [7, 11) is 0. The zero-order chi connectivity index (χ0) is 8.43. The summed E-state index contributed by atoms with van der Waals surface area (Å²) < 4.78 is 0.726. The second kappa shape index (κ2) is 3.06. The first-order chi connectivity index (χ1) is 5.11. The number of carbonyl (C=O) groups is 1. The number of carboxylic acid groups (broad SMARTS) is 1. The van der Waals surface area contributed by atoms with Gasteiger partial charge in [-0.1, -0.05) is 0 Å². The van der Waals surface area contributed by atoms with Crippen molar-refractivity contribution in [1.29, 1.82) is 0 Å². The van der Waals surface area contributed by atoms with Crippen LogP contribution >= 0.6 is 15.9 Å². The molecule has 60 valence electrons. The fraction of sp³-hybridized carbons (Fsp3) is 0.167. The molecule has 1 aromatic rings. The van der Waals surface area contributed by atoms with Gasteiger partial charge in [-0.15, -0.1) is 0 Å². The summed E-state index contributed by atoms with van der Waals surface area (Å²) in [6.45, 7) is 0. The van der Waals surface area contributed by atoms with Crippen molar-refractivity contribution in [3.8, 4) is 0 Å². The Balaban J connectivity index is 2.84. The van der Waals surface area contributed by atoms with Gasteiger partial charge in [0, 0.05) is 6.20 Å². The van der Waals surface area contributed by atoms with Crippen LogP contribution in [0.1, 0.15) is 11.6 Å². The van der Waals surface area contributed by atoms with Crippen LogP contribution in [0.5, 0.6) is 0 Å². The molecule has 0 fully saturated rings. The van der Waals surface area contributed by atoms with E-state index in [0.29, 0.717) is 5.56 Å². The lowest BCUT2D eigenvalue weighted by Gasteiger charge is -2.00. The van der Waals surface area contributed by atoms with Crippen LogP contribution < -0.4 is 5.73 Å². The average Bonchev–Trinajstić information content (AvgIpc) is 2.34. The topological polar surface area (TPSA) is 79.1 Å². The van der Waals surface area contributed by atoms with E-state index >= 15 is 0 Å². The minimum atomic E-state index is -1.03. The molecule has 0 aliphatic carbocycles. The van der Waals surface area contributed by atoms with Crippen LogP contribution in [-0.4, -0.2) is 16.1 Å². The smallest absolute Gasteiger partial charge is 0.325 e. The lowest BCUT2D eigenvalue weighted by atomic mass is 10.2. The number of carboxylic acids is 1. The molecule has 11 heavy (non-hydrogen) atoms. The highest BCUT2D eigenvalue weighted by molar-refractivity contribution is 9.10. The Morgan fingerprint density at radius 3 is 2.82 bits per heavy atom. The monoisotopic (exact) mass is 218 g/mol. The summed E-state index contributed by atoms with van der Waals surface area (Å²) in [6, 6.07) is 0.691. The molecule has 0 amide bonds. The maximum Gasteiger partial charge on any atom is 0.325 e. The van der Waals surface area contributed by atoms with E-state index in [1.165, 1.54) is 0 Å². The van der Waals surface area contributed by atoms with Crippen LogP contribution in [0.15, 0.2) is 16.9 Å². The van der Waals surface area contributed by atoms with Gasteiger partial charge in [0.05, 0.1) is 4.60 Å². The Morgan fingerprint density at radius 2 is 2.45 bits per heavy atom. The number of aromatic amines is 1. The van der Waals surface area contributed by atoms with E-state index in [4.69, 9.17) is 10.8 Å². The second-order valence-corrected chi connectivity index (χ2v) is 2.95. The number of nitrogens with two attached hydrogens (primary N) is 1. The molecule has 0 radical (unpaired) electrons. The largest absolute Gasteiger partial charge is 0.480 e. The molecule has 5 heteroatoms. The first kappa shape index (κ1) is 8.29. The number of H-pyrrole nitrogens is 1. The summed E-state index contributed by atoms with van der Waals surface area (Å²) in [5, 5.41) is 8.49. The number of hydrogen-bond acceptors (Lipinski definition) is 2. The molecule has 0 saturated heterocycles. The van der Waals surface area contributed by atoms with Crippen molar-refractivity contribution >= 4 is 21.9 Å². The predicted molar refractivity (Wildman–Crippen MR) is 43.1 cm³/mol. The van der Waals surface area contributed by atoms with Crippen molar-refractivity contribution in [2.24, 2.45) is 5.73 Å². The van der Waals surface area contributed by atoms with Crippen molar-refractivity contribution < 1.29 is 9.90 Å². The molecule has 4 N–H and O–H groups in total. The third-order valence-corrected chi connectivity index (χ3v) is 1.75. The van der Waals surface area contributed by atoms with Gasteiger partial charge < -0.3 is 15.8 Å². The fourth-order valence-electron chi connectivity index (χ4n) is 0.704. The van der Waals surface area contributed by atoms with E-state index in [1.54, 1.807) is 12.3 Å². The molecule has 1 unspecified atom stereocenters. The van der Waals surface area contributed by atoms with Gasteiger partial charge in [-0.05, 0) is 27.6 Å². The van der Waals surface area contributed by atoms with Crippen LogP contribution in [0.4, 0.5) is 0 Å². The third kappa shape index (κ3) is 1.81. The summed E-state index contributed by atoms with van der Waals surface area (Å²) in [6.07, 6.45) is 1.56. The van der Waals surface area contributed by atoms with E-state index in [0.717, 1.165) is 4.60 Å². The van der Waals surface area contributed by atoms with Crippen molar-refractivity contribution in [3.63, 3.8) is 0 Å². The highest BCUT2D eigenvalue weighted by Crippen LogP contribution is 2.15. The number of aliphatic carboxylic acids is 1. The third-order valence-electron chi connectivity index (χ3n) is 1.30. The standard InChI is InChI=1S/C6H7BrN2O2/c7-4-1-3(2-9-4)5(8)6(10)11/h1-2,5,9H,8H2,(H,10,11). The average molecular weight is 219 g/mol. The Kier molecular flexibility index (Phi) is 2.31. The number of aromatic nitrogens is 1. The fourth-order valence-corrected chi connectivity index (χ4v) is 1.08. The van der Waals surface area contributed by atoms with Gasteiger partial charge in [-0.25, -0.2) is 0 Å². The van der Waals surface area contributed by atoms with Crippen LogP contribution in [0.2, 0.25) is 0 Å². The minimum absolute atomic E-state index is 0.560. The highest BCUT2D eigenvalue weighted by atomic mass is 79.9. The lowest BCUT2D eigenvalue weighted by Crippen LogP contribution is -2.19. The molecule has 1 atom stereocenters. The highest BCUT2D eigenvalue weighted by Gasteiger charge is 2.14. The number of halogens is 1. The van der Waals surface area contributed by atoms with Crippen molar-refractivity contribution in [2.75, 3.05) is 0 Å². The molecule has 0 aliphatic heterocycles. The molecule has 0 spiro atoms. The van der Waals surface area contributed by atoms with Gasteiger partial charge in [0.15, 0.2) is 0 Å². The Morgan fingerprint density at radius 1 is 1.82 bits per heavy atom. The van der Waals surface area contributed by atoms with E-state index < -0.39 is 12.0 Å². The SMILES string of the molecule is NC(C(=O)O)c1c[nH]c(Br)c1. The molecular weight excluding hydrogens is 212 g/mol. The quantitative estimate of drug-likeness (QED) is 0.690. The molecule has 1 aromatic heterocycles. The van der Waals surface area contributed by atoms with Crippen LogP contribution in [0, 0.1) is 0 Å². The van der Waals surface area contributed by atoms with E-state index in [2.05, 4.69) is 20.9 Å².